The fraction of sp³-hybridized carbons (Fsp3) is 0.100. The first kappa shape index (κ1) is 10.5. The summed E-state index contributed by atoms with van der Waals surface area (Å²) in [5, 5.41) is 11.4. The van der Waals surface area contributed by atoms with Gasteiger partial charge in [0.1, 0.15) is 10.8 Å². The van der Waals surface area contributed by atoms with Crippen LogP contribution in [-0.4, -0.2) is 10.1 Å². The molecule has 2 aromatic rings. The first-order valence-electron chi connectivity index (χ1n) is 4.21. The number of halogens is 2. The number of rotatable bonds is 2. The molecule has 0 saturated carbocycles. The molecule has 78 valence electrons. The Hall–Kier alpha value is -0.970. The van der Waals surface area contributed by atoms with E-state index in [9.17, 15) is 4.39 Å². The van der Waals surface area contributed by atoms with Crippen molar-refractivity contribution in [3.63, 3.8) is 0 Å². The van der Waals surface area contributed by atoms with Crippen molar-refractivity contribution in [1.82, 2.24) is 4.98 Å². The van der Waals surface area contributed by atoms with Gasteiger partial charge in [-0.1, -0.05) is 11.6 Å². The van der Waals surface area contributed by atoms with Crippen LogP contribution in [-0.2, 0) is 6.61 Å². The summed E-state index contributed by atoms with van der Waals surface area (Å²) >= 11 is 6.93. The Kier molecular flexibility index (Phi) is 3.00. The summed E-state index contributed by atoms with van der Waals surface area (Å²) in [6.45, 7) is -0.133. The minimum atomic E-state index is -0.402. The van der Waals surface area contributed by atoms with Crippen LogP contribution >= 0.6 is 22.9 Å². The second kappa shape index (κ2) is 4.26. The van der Waals surface area contributed by atoms with E-state index in [1.807, 2.05) is 0 Å². The van der Waals surface area contributed by atoms with E-state index < -0.39 is 5.82 Å². The quantitative estimate of drug-likeness (QED) is 0.879. The van der Waals surface area contributed by atoms with E-state index in [0.29, 0.717) is 21.3 Å². The maximum absolute atomic E-state index is 13.5. The molecular formula is C10H7ClFNOS. The Balaban J connectivity index is 2.44. The molecule has 0 bridgehead atoms. The standard InChI is InChI=1S/C10H7ClFNOS/c11-6-1-2-8(9(12)3-6)10-13-7(4-14)5-15-10/h1-3,5,14H,4H2. The summed E-state index contributed by atoms with van der Waals surface area (Å²) in [5.74, 6) is -0.402. The van der Waals surface area contributed by atoms with Crippen molar-refractivity contribution in [2.24, 2.45) is 0 Å². The first-order chi connectivity index (χ1) is 7.20. The van der Waals surface area contributed by atoms with Gasteiger partial charge in [-0.2, -0.15) is 0 Å². The average Bonchev–Trinajstić information content (AvgIpc) is 2.66. The van der Waals surface area contributed by atoms with Crippen LogP contribution in [0.25, 0.3) is 10.6 Å². The van der Waals surface area contributed by atoms with E-state index in [4.69, 9.17) is 16.7 Å². The van der Waals surface area contributed by atoms with Gasteiger partial charge in [-0.25, -0.2) is 9.37 Å². The molecule has 1 aromatic heterocycles. The number of thiazole rings is 1. The van der Waals surface area contributed by atoms with Crippen LogP contribution in [0, 0.1) is 5.82 Å². The third-order valence-electron chi connectivity index (χ3n) is 1.88. The predicted octanol–water partition coefficient (Wildman–Crippen LogP) is 3.09. The number of aliphatic hydroxyl groups is 1. The van der Waals surface area contributed by atoms with Crippen LogP contribution in [0.2, 0.25) is 5.02 Å². The van der Waals surface area contributed by atoms with E-state index in [1.165, 1.54) is 17.4 Å². The Morgan fingerprint density at radius 1 is 1.47 bits per heavy atom. The van der Waals surface area contributed by atoms with Gasteiger partial charge in [0.15, 0.2) is 0 Å². The van der Waals surface area contributed by atoms with E-state index in [2.05, 4.69) is 4.98 Å². The summed E-state index contributed by atoms with van der Waals surface area (Å²) in [6.07, 6.45) is 0. The number of hydrogen-bond donors (Lipinski definition) is 1. The molecule has 0 aliphatic rings. The van der Waals surface area contributed by atoms with Crippen LogP contribution in [0.15, 0.2) is 23.6 Å². The van der Waals surface area contributed by atoms with Crippen molar-refractivity contribution in [3.05, 3.63) is 40.1 Å². The maximum atomic E-state index is 13.5. The zero-order valence-corrected chi connectivity index (χ0v) is 9.15. The predicted molar refractivity (Wildman–Crippen MR) is 58.4 cm³/mol. The molecule has 1 heterocycles. The lowest BCUT2D eigenvalue weighted by atomic mass is 10.2. The first-order valence-corrected chi connectivity index (χ1v) is 5.47. The van der Waals surface area contributed by atoms with Crippen LogP contribution in [0.4, 0.5) is 4.39 Å². The highest BCUT2D eigenvalue weighted by atomic mass is 35.5. The van der Waals surface area contributed by atoms with Gasteiger partial charge in [0.2, 0.25) is 0 Å². The molecular weight excluding hydrogens is 237 g/mol. The van der Waals surface area contributed by atoms with Crippen molar-refractivity contribution in [2.45, 2.75) is 6.61 Å². The zero-order chi connectivity index (χ0) is 10.8. The molecule has 2 nitrogen and oxygen atoms in total. The van der Waals surface area contributed by atoms with Gasteiger partial charge in [0.25, 0.3) is 0 Å². The maximum Gasteiger partial charge on any atom is 0.134 e. The van der Waals surface area contributed by atoms with E-state index >= 15 is 0 Å². The molecule has 0 spiro atoms. The third kappa shape index (κ3) is 2.17. The Morgan fingerprint density at radius 2 is 2.27 bits per heavy atom. The molecule has 0 fully saturated rings. The Bertz CT molecular complexity index is 486. The monoisotopic (exact) mass is 243 g/mol. The lowest BCUT2D eigenvalue weighted by molar-refractivity contribution is 0.278. The molecule has 15 heavy (non-hydrogen) atoms. The second-order valence-corrected chi connectivity index (χ2v) is 4.22. The summed E-state index contributed by atoms with van der Waals surface area (Å²) in [6, 6.07) is 4.44. The van der Waals surface area contributed by atoms with Gasteiger partial charge in [-0.3, -0.25) is 0 Å². The van der Waals surface area contributed by atoms with Gasteiger partial charge in [-0.05, 0) is 18.2 Å². The Morgan fingerprint density at radius 3 is 2.87 bits per heavy atom. The van der Waals surface area contributed by atoms with Crippen LogP contribution in [0.1, 0.15) is 5.69 Å². The van der Waals surface area contributed by atoms with Crippen molar-refractivity contribution >= 4 is 22.9 Å². The van der Waals surface area contributed by atoms with Gasteiger partial charge >= 0.3 is 0 Å². The minimum absolute atomic E-state index is 0.133. The molecule has 0 atom stereocenters. The van der Waals surface area contributed by atoms with Gasteiger partial charge < -0.3 is 5.11 Å². The molecule has 0 unspecified atom stereocenters. The summed E-state index contributed by atoms with van der Waals surface area (Å²) in [7, 11) is 0. The normalized spacial score (nSPS) is 10.6. The second-order valence-electron chi connectivity index (χ2n) is 2.93. The zero-order valence-electron chi connectivity index (χ0n) is 7.58. The largest absolute Gasteiger partial charge is 0.390 e. The molecule has 0 saturated heterocycles. The van der Waals surface area contributed by atoms with Crippen molar-refractivity contribution in [2.75, 3.05) is 0 Å². The van der Waals surface area contributed by atoms with E-state index in [1.54, 1.807) is 17.5 Å². The highest BCUT2D eigenvalue weighted by molar-refractivity contribution is 7.13. The highest BCUT2D eigenvalue weighted by Crippen LogP contribution is 2.28. The Labute approximate surface area is 95.0 Å². The highest BCUT2D eigenvalue weighted by Gasteiger charge is 2.09. The number of hydrogen-bond acceptors (Lipinski definition) is 3. The van der Waals surface area contributed by atoms with E-state index in [-0.39, 0.29) is 6.61 Å². The number of nitrogens with zero attached hydrogens (tertiary/aromatic N) is 1. The van der Waals surface area contributed by atoms with Crippen LogP contribution in [0.5, 0.6) is 0 Å². The summed E-state index contributed by atoms with van der Waals surface area (Å²) < 4.78 is 13.5. The molecule has 1 aromatic carbocycles. The SMILES string of the molecule is OCc1csc(-c2ccc(Cl)cc2F)n1. The summed E-state index contributed by atoms with van der Waals surface area (Å²) in [4.78, 5) is 4.07. The lowest BCUT2D eigenvalue weighted by Gasteiger charge is -1.98. The number of aromatic nitrogens is 1. The van der Waals surface area contributed by atoms with Gasteiger partial charge in [0, 0.05) is 16.0 Å². The molecule has 0 aliphatic heterocycles. The fourth-order valence-corrected chi connectivity index (χ4v) is 2.16. The van der Waals surface area contributed by atoms with Crippen molar-refractivity contribution in [3.8, 4) is 10.6 Å². The van der Waals surface area contributed by atoms with Gasteiger partial charge in [0.05, 0.1) is 12.3 Å². The molecule has 0 amide bonds. The molecule has 1 N–H and O–H groups in total. The van der Waals surface area contributed by atoms with Crippen molar-refractivity contribution < 1.29 is 9.50 Å². The van der Waals surface area contributed by atoms with Crippen LogP contribution < -0.4 is 0 Å². The molecule has 5 heteroatoms. The lowest BCUT2D eigenvalue weighted by Crippen LogP contribution is -1.85. The van der Waals surface area contributed by atoms with Crippen molar-refractivity contribution in [1.29, 1.82) is 0 Å². The third-order valence-corrected chi connectivity index (χ3v) is 3.03. The minimum Gasteiger partial charge on any atom is -0.390 e. The van der Waals surface area contributed by atoms with E-state index in [0.717, 1.165) is 0 Å². The topological polar surface area (TPSA) is 33.1 Å². The molecule has 0 aliphatic carbocycles. The summed E-state index contributed by atoms with van der Waals surface area (Å²) in [5.41, 5.74) is 0.952. The molecule has 2 rings (SSSR count). The number of benzene rings is 1. The smallest absolute Gasteiger partial charge is 0.134 e. The van der Waals surface area contributed by atoms with Gasteiger partial charge in [-0.15, -0.1) is 11.3 Å². The molecule has 0 radical (unpaired) electrons. The average molecular weight is 244 g/mol. The van der Waals surface area contributed by atoms with Crippen LogP contribution in [0.3, 0.4) is 0 Å². The fourth-order valence-electron chi connectivity index (χ4n) is 1.17. The number of aliphatic hydroxyl groups excluding tert-OH is 1.